The smallest absolute Gasteiger partial charge is 0.319 e. The highest BCUT2D eigenvalue weighted by atomic mass is 79.9. The summed E-state index contributed by atoms with van der Waals surface area (Å²) in [5.74, 6) is 0.145. The highest BCUT2D eigenvalue weighted by Gasteiger charge is 2.32. The number of amides is 4. The Morgan fingerprint density at radius 1 is 1.00 bits per heavy atom. The molecule has 7 nitrogen and oxygen atoms in total. The molecular weight excluding hydrogens is 436 g/mol. The van der Waals surface area contributed by atoms with Crippen LogP contribution in [-0.4, -0.2) is 59.9 Å². The Bertz CT molecular complexity index is 743. The van der Waals surface area contributed by atoms with Crippen LogP contribution in [0.25, 0.3) is 0 Å². The van der Waals surface area contributed by atoms with Gasteiger partial charge in [-0.3, -0.25) is 9.59 Å². The average Bonchev–Trinajstić information content (AvgIpc) is 2.75. The van der Waals surface area contributed by atoms with E-state index in [4.69, 9.17) is 0 Å². The van der Waals surface area contributed by atoms with Crippen molar-refractivity contribution in [3.63, 3.8) is 0 Å². The number of nitrogens with one attached hydrogen (secondary N) is 2. The Hall–Kier alpha value is -2.09. The van der Waals surface area contributed by atoms with Crippen LogP contribution < -0.4 is 10.6 Å². The second-order valence-electron chi connectivity index (χ2n) is 7.79. The molecule has 0 spiro atoms. The minimum Gasteiger partial charge on any atom is -0.342 e. The van der Waals surface area contributed by atoms with Crippen molar-refractivity contribution in [3.8, 4) is 0 Å². The first kappa shape index (κ1) is 21.6. The summed E-state index contributed by atoms with van der Waals surface area (Å²) in [6.07, 6.45) is 4.77. The number of carbonyl (C=O) groups excluding carboxylic acids is 3. The number of halogens is 1. The van der Waals surface area contributed by atoms with Gasteiger partial charge in [-0.1, -0.05) is 12.1 Å². The predicted molar refractivity (Wildman–Crippen MR) is 115 cm³/mol. The van der Waals surface area contributed by atoms with Gasteiger partial charge in [-0.15, -0.1) is 0 Å². The van der Waals surface area contributed by atoms with E-state index in [1.807, 2.05) is 23.1 Å². The van der Waals surface area contributed by atoms with Crippen LogP contribution in [0.4, 0.5) is 10.5 Å². The van der Waals surface area contributed by atoms with Crippen molar-refractivity contribution in [1.29, 1.82) is 0 Å². The van der Waals surface area contributed by atoms with Gasteiger partial charge in [0.25, 0.3) is 0 Å². The fourth-order valence-corrected chi connectivity index (χ4v) is 4.36. The molecule has 0 aromatic heterocycles. The summed E-state index contributed by atoms with van der Waals surface area (Å²) in [5, 5.41) is 5.44. The molecule has 2 fully saturated rings. The van der Waals surface area contributed by atoms with Crippen molar-refractivity contribution in [2.75, 3.05) is 31.5 Å². The molecule has 158 valence electrons. The number of urea groups is 1. The van der Waals surface area contributed by atoms with Crippen LogP contribution in [0.2, 0.25) is 0 Å². The van der Waals surface area contributed by atoms with E-state index in [-0.39, 0.29) is 17.7 Å². The third kappa shape index (κ3) is 5.72. The normalized spacial score (nSPS) is 18.8. The van der Waals surface area contributed by atoms with Gasteiger partial charge in [-0.05, 0) is 67.1 Å². The zero-order valence-corrected chi connectivity index (χ0v) is 18.4. The maximum atomic E-state index is 12.7. The summed E-state index contributed by atoms with van der Waals surface area (Å²) in [6.45, 7) is 4.53. The molecule has 3 rings (SSSR count). The number of para-hydroxylation sites is 1. The van der Waals surface area contributed by atoms with Crippen LogP contribution in [0, 0.1) is 5.92 Å². The molecule has 8 heteroatoms. The van der Waals surface area contributed by atoms with Crippen LogP contribution in [0.15, 0.2) is 28.7 Å². The molecule has 0 aliphatic carbocycles. The largest absolute Gasteiger partial charge is 0.342 e. The number of hydrogen-bond acceptors (Lipinski definition) is 3. The highest BCUT2D eigenvalue weighted by Crippen LogP contribution is 2.23. The summed E-state index contributed by atoms with van der Waals surface area (Å²) in [5.41, 5.74) is 0.640. The summed E-state index contributed by atoms with van der Waals surface area (Å²) in [7, 11) is 0. The summed E-state index contributed by atoms with van der Waals surface area (Å²) < 4.78 is 0.773. The lowest BCUT2D eigenvalue weighted by molar-refractivity contribution is -0.141. The Kier molecular flexibility index (Phi) is 7.52. The monoisotopic (exact) mass is 464 g/mol. The molecule has 4 amide bonds. The molecule has 1 aromatic carbocycles. The number of anilines is 1. The van der Waals surface area contributed by atoms with Crippen LogP contribution in [0.5, 0.6) is 0 Å². The molecule has 0 radical (unpaired) electrons. The summed E-state index contributed by atoms with van der Waals surface area (Å²) >= 11 is 3.38. The van der Waals surface area contributed by atoms with Crippen LogP contribution in [0.3, 0.4) is 0 Å². The molecule has 2 aliphatic rings. The highest BCUT2D eigenvalue weighted by molar-refractivity contribution is 9.10. The third-order valence-corrected chi connectivity index (χ3v) is 6.36. The van der Waals surface area contributed by atoms with Crippen LogP contribution >= 0.6 is 15.9 Å². The summed E-state index contributed by atoms with van der Waals surface area (Å²) in [6, 6.07) is 6.24. The first-order chi connectivity index (χ1) is 14.0. The van der Waals surface area contributed by atoms with E-state index in [0.29, 0.717) is 31.6 Å². The molecule has 0 saturated carbocycles. The maximum Gasteiger partial charge on any atom is 0.319 e. The molecule has 0 bridgehead atoms. The first-order valence-electron chi connectivity index (χ1n) is 10.4. The van der Waals surface area contributed by atoms with Gasteiger partial charge in [0.1, 0.15) is 6.04 Å². The quantitative estimate of drug-likeness (QED) is 0.717. The molecular formula is C21H29BrN4O3. The molecule has 29 heavy (non-hydrogen) atoms. The van der Waals surface area contributed by atoms with Crippen molar-refractivity contribution in [3.05, 3.63) is 28.7 Å². The fourth-order valence-electron chi connectivity index (χ4n) is 3.97. The number of likely N-dealkylation sites (tertiary alicyclic amines) is 2. The van der Waals surface area contributed by atoms with E-state index in [1.165, 1.54) is 6.42 Å². The van der Waals surface area contributed by atoms with Gasteiger partial charge < -0.3 is 20.4 Å². The van der Waals surface area contributed by atoms with Crippen molar-refractivity contribution >= 4 is 39.5 Å². The number of piperidine rings is 2. The minimum absolute atomic E-state index is 0.0131. The second-order valence-corrected chi connectivity index (χ2v) is 8.64. The average molecular weight is 465 g/mol. The number of nitrogens with zero attached hydrogens (tertiary/aromatic N) is 2. The topological polar surface area (TPSA) is 81.8 Å². The van der Waals surface area contributed by atoms with Crippen molar-refractivity contribution in [2.45, 2.75) is 45.1 Å². The van der Waals surface area contributed by atoms with E-state index < -0.39 is 12.1 Å². The Labute approximate surface area is 180 Å². The Morgan fingerprint density at radius 2 is 1.66 bits per heavy atom. The number of hydrogen-bond donors (Lipinski definition) is 2. The van der Waals surface area contributed by atoms with Gasteiger partial charge in [0, 0.05) is 36.6 Å². The molecule has 2 heterocycles. The SMILES string of the molecule is C[C@H](NC(=O)Nc1ccccc1Br)C(=O)N1CCC(C(=O)N2CCCCC2)CC1. The minimum atomic E-state index is -0.633. The number of benzene rings is 1. The molecule has 2 aliphatic heterocycles. The van der Waals surface area contributed by atoms with Gasteiger partial charge in [0.05, 0.1) is 5.69 Å². The van der Waals surface area contributed by atoms with Gasteiger partial charge in [-0.25, -0.2) is 4.79 Å². The van der Waals surface area contributed by atoms with Crippen molar-refractivity contribution < 1.29 is 14.4 Å². The third-order valence-electron chi connectivity index (χ3n) is 5.66. The molecule has 2 N–H and O–H groups in total. The lowest BCUT2D eigenvalue weighted by atomic mass is 9.94. The van der Waals surface area contributed by atoms with Gasteiger partial charge in [0.15, 0.2) is 0 Å². The predicted octanol–water partition coefficient (Wildman–Crippen LogP) is 3.21. The first-order valence-corrected chi connectivity index (χ1v) is 11.1. The zero-order valence-electron chi connectivity index (χ0n) is 16.8. The van der Waals surface area contributed by atoms with Crippen molar-refractivity contribution in [2.24, 2.45) is 5.92 Å². The standard InChI is InChI=1S/C21H29BrN4O3/c1-15(23-21(29)24-18-8-4-3-7-17(18)22)19(27)26-13-9-16(10-14-26)20(28)25-11-5-2-6-12-25/h3-4,7-8,15-16H,2,5-6,9-14H2,1H3,(H2,23,24,29)/t15-/m0/s1. The number of rotatable bonds is 4. The van der Waals surface area contributed by atoms with E-state index in [9.17, 15) is 14.4 Å². The summed E-state index contributed by atoms with van der Waals surface area (Å²) in [4.78, 5) is 41.3. The van der Waals surface area contributed by atoms with Crippen LogP contribution in [0.1, 0.15) is 39.0 Å². The molecule has 2 saturated heterocycles. The van der Waals surface area contributed by atoms with E-state index >= 15 is 0 Å². The zero-order chi connectivity index (χ0) is 20.8. The number of carbonyl (C=O) groups is 3. The molecule has 0 unspecified atom stereocenters. The maximum absolute atomic E-state index is 12.7. The van der Waals surface area contributed by atoms with E-state index in [2.05, 4.69) is 26.6 Å². The van der Waals surface area contributed by atoms with Crippen molar-refractivity contribution in [1.82, 2.24) is 15.1 Å². The van der Waals surface area contributed by atoms with Gasteiger partial charge >= 0.3 is 6.03 Å². The lowest BCUT2D eigenvalue weighted by Crippen LogP contribution is -2.51. The Morgan fingerprint density at radius 3 is 2.31 bits per heavy atom. The molecule has 1 aromatic rings. The van der Waals surface area contributed by atoms with Gasteiger partial charge in [0.2, 0.25) is 11.8 Å². The Balaban J connectivity index is 1.45. The fraction of sp³-hybridized carbons (Fsp3) is 0.571. The van der Waals surface area contributed by atoms with E-state index in [0.717, 1.165) is 30.4 Å². The van der Waals surface area contributed by atoms with Gasteiger partial charge in [-0.2, -0.15) is 0 Å². The molecule has 1 atom stereocenters. The van der Waals surface area contributed by atoms with E-state index in [1.54, 1.807) is 17.9 Å². The van der Waals surface area contributed by atoms with Crippen LogP contribution in [-0.2, 0) is 9.59 Å². The lowest BCUT2D eigenvalue weighted by Gasteiger charge is -2.36. The second kappa shape index (κ2) is 10.1.